The minimum atomic E-state index is -0.736. The lowest BCUT2D eigenvalue weighted by molar-refractivity contribution is 0.0446. The Kier molecular flexibility index (Phi) is 5.27. The number of carbonyl (C=O) groups excluding carboxylic acids is 1. The average Bonchev–Trinajstić information content (AvgIpc) is 2.45. The van der Waals surface area contributed by atoms with E-state index in [0.717, 1.165) is 5.56 Å². The quantitative estimate of drug-likeness (QED) is 0.757. The number of ether oxygens (including phenoxy) is 2. The van der Waals surface area contributed by atoms with Crippen molar-refractivity contribution in [3.05, 3.63) is 69.7 Å². The molecule has 0 aliphatic rings. The predicted octanol–water partition coefficient (Wildman–Crippen LogP) is 4.85. The van der Waals surface area contributed by atoms with Crippen molar-refractivity contribution in [2.24, 2.45) is 0 Å². The summed E-state index contributed by atoms with van der Waals surface area (Å²) in [5.74, 6) is 0. The summed E-state index contributed by atoms with van der Waals surface area (Å²) in [5, 5.41) is 0.985. The van der Waals surface area contributed by atoms with Gasteiger partial charge in [-0.2, -0.15) is 0 Å². The van der Waals surface area contributed by atoms with Crippen LogP contribution in [-0.2, 0) is 22.7 Å². The minimum absolute atomic E-state index is 0.0453. The molecule has 0 spiro atoms. The molecule has 0 amide bonds. The molecule has 0 aromatic heterocycles. The zero-order valence-electron chi connectivity index (χ0n) is 10.5. The Hall–Kier alpha value is -1.71. The minimum Gasteiger partial charge on any atom is -0.429 e. The Morgan fingerprint density at radius 2 is 1.65 bits per heavy atom. The van der Waals surface area contributed by atoms with Gasteiger partial charge in [0.05, 0.1) is 0 Å². The number of halogens is 2. The number of hydrogen-bond donors (Lipinski definition) is 0. The molecule has 5 heteroatoms. The molecule has 0 aliphatic carbocycles. The maximum absolute atomic E-state index is 11.5. The van der Waals surface area contributed by atoms with Crippen molar-refractivity contribution >= 4 is 29.4 Å². The number of carbonyl (C=O) groups is 1. The van der Waals surface area contributed by atoms with Crippen LogP contribution in [0, 0.1) is 0 Å². The number of rotatable bonds is 4. The molecule has 20 heavy (non-hydrogen) atoms. The molecule has 0 N–H and O–H groups in total. The standard InChI is InChI=1S/C15H12Cl2O3/c16-13-7-6-12(14(17)8-13)10-20-15(18)19-9-11-4-2-1-3-5-11/h1-8H,9-10H2. The van der Waals surface area contributed by atoms with E-state index in [-0.39, 0.29) is 13.2 Å². The molecule has 0 saturated carbocycles. The lowest BCUT2D eigenvalue weighted by Crippen LogP contribution is -2.07. The van der Waals surface area contributed by atoms with Crippen molar-refractivity contribution in [1.29, 1.82) is 0 Å². The van der Waals surface area contributed by atoms with E-state index in [0.29, 0.717) is 15.6 Å². The first-order chi connectivity index (χ1) is 9.65. The summed E-state index contributed by atoms with van der Waals surface area (Å²) < 4.78 is 9.96. The Morgan fingerprint density at radius 1 is 0.950 bits per heavy atom. The van der Waals surface area contributed by atoms with Gasteiger partial charge in [-0.1, -0.05) is 59.6 Å². The third-order valence-electron chi connectivity index (χ3n) is 2.56. The molecule has 104 valence electrons. The van der Waals surface area contributed by atoms with Crippen LogP contribution in [0.2, 0.25) is 10.0 Å². The zero-order chi connectivity index (χ0) is 14.4. The second-order valence-electron chi connectivity index (χ2n) is 4.05. The Balaban J connectivity index is 1.80. The normalized spacial score (nSPS) is 10.1. The lowest BCUT2D eigenvalue weighted by Gasteiger charge is -2.07. The second-order valence-corrected chi connectivity index (χ2v) is 4.89. The third kappa shape index (κ3) is 4.44. The van der Waals surface area contributed by atoms with E-state index in [1.807, 2.05) is 30.3 Å². The maximum atomic E-state index is 11.5. The second kappa shape index (κ2) is 7.17. The van der Waals surface area contributed by atoms with Crippen LogP contribution in [0.3, 0.4) is 0 Å². The summed E-state index contributed by atoms with van der Waals surface area (Å²) in [6.07, 6.45) is -0.736. The van der Waals surface area contributed by atoms with Crippen LogP contribution in [0.1, 0.15) is 11.1 Å². The van der Waals surface area contributed by atoms with Crippen LogP contribution >= 0.6 is 23.2 Å². The van der Waals surface area contributed by atoms with Gasteiger partial charge in [0.25, 0.3) is 0 Å². The topological polar surface area (TPSA) is 35.5 Å². The highest BCUT2D eigenvalue weighted by atomic mass is 35.5. The van der Waals surface area contributed by atoms with Crippen molar-refractivity contribution in [1.82, 2.24) is 0 Å². The highest BCUT2D eigenvalue weighted by molar-refractivity contribution is 6.35. The first-order valence-corrected chi connectivity index (χ1v) is 6.68. The van der Waals surface area contributed by atoms with Crippen LogP contribution in [0.15, 0.2) is 48.5 Å². The molecule has 0 saturated heterocycles. The van der Waals surface area contributed by atoms with Crippen LogP contribution < -0.4 is 0 Å². The summed E-state index contributed by atoms with van der Waals surface area (Å²) in [6, 6.07) is 14.3. The molecule has 2 aromatic rings. The predicted molar refractivity (Wildman–Crippen MR) is 77.9 cm³/mol. The van der Waals surface area contributed by atoms with Gasteiger partial charge in [-0.25, -0.2) is 4.79 Å². The highest BCUT2D eigenvalue weighted by Gasteiger charge is 2.07. The van der Waals surface area contributed by atoms with Crippen molar-refractivity contribution in [2.45, 2.75) is 13.2 Å². The van der Waals surface area contributed by atoms with Gasteiger partial charge < -0.3 is 9.47 Å². The van der Waals surface area contributed by atoms with Gasteiger partial charge in [0.2, 0.25) is 0 Å². The van der Waals surface area contributed by atoms with Crippen molar-refractivity contribution in [3.8, 4) is 0 Å². The molecule has 0 aliphatic heterocycles. The molecule has 2 aromatic carbocycles. The molecule has 0 atom stereocenters. The van der Waals surface area contributed by atoms with Crippen LogP contribution in [0.4, 0.5) is 4.79 Å². The molecular weight excluding hydrogens is 299 g/mol. The average molecular weight is 311 g/mol. The van der Waals surface area contributed by atoms with Gasteiger partial charge in [-0.3, -0.25) is 0 Å². The summed E-state index contributed by atoms with van der Waals surface area (Å²) >= 11 is 11.7. The largest absolute Gasteiger partial charge is 0.508 e. The Morgan fingerprint density at radius 3 is 2.35 bits per heavy atom. The van der Waals surface area contributed by atoms with E-state index in [4.69, 9.17) is 32.7 Å². The lowest BCUT2D eigenvalue weighted by atomic mass is 10.2. The fourth-order valence-corrected chi connectivity index (χ4v) is 2.00. The SMILES string of the molecule is O=C(OCc1ccccc1)OCc1ccc(Cl)cc1Cl. The molecule has 0 heterocycles. The molecule has 0 radical (unpaired) electrons. The summed E-state index contributed by atoms with van der Waals surface area (Å²) in [4.78, 5) is 11.5. The van der Waals surface area contributed by atoms with Gasteiger partial charge >= 0.3 is 6.16 Å². The Bertz CT molecular complexity index is 585. The van der Waals surface area contributed by atoms with E-state index < -0.39 is 6.16 Å². The van der Waals surface area contributed by atoms with Gasteiger partial charge in [0.15, 0.2) is 0 Å². The fourth-order valence-electron chi connectivity index (χ4n) is 1.53. The third-order valence-corrected chi connectivity index (χ3v) is 3.15. The first kappa shape index (κ1) is 14.7. The van der Waals surface area contributed by atoms with Crippen molar-refractivity contribution in [3.63, 3.8) is 0 Å². The monoisotopic (exact) mass is 310 g/mol. The van der Waals surface area contributed by atoms with Gasteiger partial charge in [0.1, 0.15) is 13.2 Å². The highest BCUT2D eigenvalue weighted by Crippen LogP contribution is 2.21. The summed E-state index contributed by atoms with van der Waals surface area (Å²) in [7, 11) is 0. The smallest absolute Gasteiger partial charge is 0.429 e. The van der Waals surface area contributed by atoms with Gasteiger partial charge in [0, 0.05) is 15.6 Å². The zero-order valence-corrected chi connectivity index (χ0v) is 12.0. The van der Waals surface area contributed by atoms with Gasteiger partial charge in [-0.05, 0) is 17.7 Å². The fraction of sp³-hybridized carbons (Fsp3) is 0.133. The number of benzene rings is 2. The molecule has 2 rings (SSSR count). The molecule has 0 unspecified atom stereocenters. The van der Waals surface area contributed by atoms with E-state index in [2.05, 4.69) is 0 Å². The van der Waals surface area contributed by atoms with Crippen molar-refractivity contribution in [2.75, 3.05) is 0 Å². The molecule has 0 bridgehead atoms. The van der Waals surface area contributed by atoms with Gasteiger partial charge in [-0.15, -0.1) is 0 Å². The van der Waals surface area contributed by atoms with E-state index >= 15 is 0 Å². The van der Waals surface area contributed by atoms with Crippen molar-refractivity contribution < 1.29 is 14.3 Å². The van der Waals surface area contributed by atoms with E-state index in [1.165, 1.54) is 0 Å². The van der Waals surface area contributed by atoms with Crippen LogP contribution in [0.5, 0.6) is 0 Å². The molecular formula is C15H12Cl2O3. The number of hydrogen-bond acceptors (Lipinski definition) is 3. The maximum Gasteiger partial charge on any atom is 0.508 e. The summed E-state index contributed by atoms with van der Waals surface area (Å²) in [6.45, 7) is 0.220. The van der Waals surface area contributed by atoms with E-state index in [9.17, 15) is 4.79 Å². The van der Waals surface area contributed by atoms with E-state index in [1.54, 1.807) is 18.2 Å². The van der Waals surface area contributed by atoms with Crippen LogP contribution in [0.25, 0.3) is 0 Å². The molecule has 3 nitrogen and oxygen atoms in total. The van der Waals surface area contributed by atoms with Crippen LogP contribution in [-0.4, -0.2) is 6.16 Å². The Labute approximate surface area is 127 Å². The molecule has 0 fully saturated rings. The summed E-state index contributed by atoms with van der Waals surface area (Å²) in [5.41, 5.74) is 1.57. The first-order valence-electron chi connectivity index (χ1n) is 5.92.